The number of nitrogens with one attached hydrogen (secondary N) is 10. The predicted molar refractivity (Wildman–Crippen MR) is 340 cm³/mol. The topological polar surface area (TPSA) is 472 Å². The molecule has 1 saturated heterocycles. The number of hydrogen-bond acceptors (Lipinski definition) is 17. The maximum absolute atomic E-state index is 14.9. The Bertz CT molecular complexity index is 2950. The lowest BCUT2D eigenvalue weighted by atomic mass is 9.98. The van der Waals surface area contributed by atoms with Gasteiger partial charge in [-0.25, -0.2) is 19.7 Å². The number of likely N-dealkylation sites (N-methyl/N-ethyl adjacent to an activating group) is 1. The number of H-pyrrole nitrogens is 3. The van der Waals surface area contributed by atoms with Crippen LogP contribution in [0.25, 0.3) is 0 Å². The number of carbonyl (C=O) groups excluding carboxylic acids is 9. The van der Waals surface area contributed by atoms with Crippen molar-refractivity contribution in [1.29, 1.82) is 0 Å². The largest absolute Gasteiger partial charge is 0.480 e. The molecule has 19 N–H and O–H groups in total. The van der Waals surface area contributed by atoms with E-state index in [1.807, 2.05) is 13.8 Å². The van der Waals surface area contributed by atoms with Crippen molar-refractivity contribution in [3.8, 4) is 0 Å². The molecule has 3 aromatic heterocycles. The molecule has 506 valence electrons. The van der Waals surface area contributed by atoms with Crippen molar-refractivity contribution in [3.63, 3.8) is 0 Å². The summed E-state index contributed by atoms with van der Waals surface area (Å²) in [6, 6.07) is -3.48. The van der Waals surface area contributed by atoms with Crippen LogP contribution in [-0.2, 0) is 73.6 Å². The first-order chi connectivity index (χ1) is 44.0. The fourth-order valence-electron chi connectivity index (χ4n) is 10.8. The van der Waals surface area contributed by atoms with Crippen LogP contribution in [0.1, 0.15) is 127 Å². The fraction of sp³-hybridized carbons (Fsp3) is 0.597. The third kappa shape index (κ3) is 23.6. The number of nitrogens with zero attached hydrogens (tertiary/aromatic N) is 5. The van der Waals surface area contributed by atoms with E-state index in [4.69, 9.17) is 22.9 Å². The van der Waals surface area contributed by atoms with Gasteiger partial charge in [0.25, 0.3) is 0 Å². The van der Waals surface area contributed by atoms with Gasteiger partial charge in [-0.1, -0.05) is 64.4 Å². The Labute approximate surface area is 536 Å². The van der Waals surface area contributed by atoms with Crippen LogP contribution in [0.4, 0.5) is 0 Å². The monoisotopic (exact) mass is 1280 g/mol. The van der Waals surface area contributed by atoms with Gasteiger partial charge in [0.1, 0.15) is 54.4 Å². The molecule has 4 heterocycles. The lowest BCUT2D eigenvalue weighted by molar-refractivity contribution is -0.146. The van der Waals surface area contributed by atoms with Crippen LogP contribution >= 0.6 is 0 Å². The zero-order valence-electron chi connectivity index (χ0n) is 53.5. The minimum absolute atomic E-state index is 0.0621. The van der Waals surface area contributed by atoms with Gasteiger partial charge in [0.05, 0.1) is 42.1 Å². The van der Waals surface area contributed by atoms with Crippen LogP contribution in [0.5, 0.6) is 0 Å². The first kappa shape index (κ1) is 74.1. The number of aliphatic carboxylic acids is 1. The molecule has 0 spiro atoms. The number of rotatable bonds is 41. The van der Waals surface area contributed by atoms with Crippen molar-refractivity contribution >= 4 is 59.1 Å². The second-order valence-electron chi connectivity index (χ2n) is 24.2. The van der Waals surface area contributed by atoms with E-state index >= 15 is 0 Å². The molecular weight excluding hydrogens is 1190 g/mol. The number of likely N-dealkylation sites (tertiary alicyclic amines) is 1. The van der Waals surface area contributed by atoms with Gasteiger partial charge in [0, 0.05) is 57.9 Å². The summed E-state index contributed by atoms with van der Waals surface area (Å²) < 4.78 is 0. The van der Waals surface area contributed by atoms with Crippen LogP contribution < -0.4 is 60.2 Å². The maximum atomic E-state index is 14.9. The van der Waals surface area contributed by atoms with Gasteiger partial charge in [-0.05, 0) is 108 Å². The van der Waals surface area contributed by atoms with Gasteiger partial charge in [0.15, 0.2) is 0 Å². The molecule has 9 amide bonds. The number of aromatic nitrogens is 6. The fourth-order valence-corrected chi connectivity index (χ4v) is 10.8. The zero-order chi connectivity index (χ0) is 67.3. The van der Waals surface area contributed by atoms with E-state index in [2.05, 4.69) is 67.1 Å². The summed E-state index contributed by atoms with van der Waals surface area (Å²) in [5.41, 5.74) is 25.1. The number of amides is 9. The molecule has 1 aromatic carbocycles. The first-order valence-electron chi connectivity index (χ1n) is 31.8. The Kier molecular flexibility index (Phi) is 30.8. The average Bonchev–Trinajstić information content (AvgIpc) is 1.55. The zero-order valence-corrected chi connectivity index (χ0v) is 53.5. The Hall–Kier alpha value is -8.61. The lowest BCUT2D eigenvalue weighted by Crippen LogP contribution is -2.61. The number of aromatic amines is 3. The van der Waals surface area contributed by atoms with Crippen molar-refractivity contribution in [3.05, 3.63) is 90.5 Å². The highest BCUT2D eigenvalue weighted by atomic mass is 16.4. The molecule has 1 aliphatic rings. The Morgan fingerprint density at radius 2 is 1.05 bits per heavy atom. The van der Waals surface area contributed by atoms with E-state index in [-0.39, 0.29) is 63.8 Å². The number of hydrogen-bond donors (Lipinski definition) is 15. The molecular formula is C62H97N19O11. The predicted octanol–water partition coefficient (Wildman–Crippen LogP) is -1.16. The van der Waals surface area contributed by atoms with E-state index < -0.39 is 125 Å². The van der Waals surface area contributed by atoms with Crippen molar-refractivity contribution in [1.82, 2.24) is 76.9 Å². The third-order valence-corrected chi connectivity index (χ3v) is 16.0. The second kappa shape index (κ2) is 38.3. The van der Waals surface area contributed by atoms with Crippen molar-refractivity contribution < 1.29 is 53.1 Å². The van der Waals surface area contributed by atoms with Crippen molar-refractivity contribution in [2.24, 2.45) is 34.8 Å². The molecule has 30 nitrogen and oxygen atoms in total. The van der Waals surface area contributed by atoms with Crippen molar-refractivity contribution in [2.75, 3.05) is 33.2 Å². The van der Waals surface area contributed by atoms with E-state index in [0.717, 1.165) is 4.90 Å². The summed E-state index contributed by atoms with van der Waals surface area (Å²) in [5.74, 6) is -8.37. The van der Waals surface area contributed by atoms with Crippen LogP contribution in [-0.4, -0.2) is 198 Å². The third-order valence-electron chi connectivity index (χ3n) is 16.0. The summed E-state index contributed by atoms with van der Waals surface area (Å²) in [4.78, 5) is 166. The molecule has 10 atom stereocenters. The molecule has 0 bridgehead atoms. The SMILES string of the molecule is CC(C)C[C@H](NC(=O)[C@H](Cc1c[nH]cn1)NC(=O)[C@H](Cc1ccccc1)NC(=O)[C@@H]1CCCN1C(=O)[C@H](Cc1c[nH]cn1)NC(=O)[C@H](CCCCN)NC(=O)[C@@H](N)CCCCN)C(=O)N[C@H](C(=O)N(C)[C@@H](Cc1c[nH]cn1)C(=O)N[C@@H](CCCCN)C(=O)O)C(C)C. The van der Waals surface area contributed by atoms with E-state index in [1.165, 1.54) is 43.3 Å². The smallest absolute Gasteiger partial charge is 0.326 e. The quantitative estimate of drug-likeness (QED) is 0.0233. The van der Waals surface area contributed by atoms with Gasteiger partial charge in [0.2, 0.25) is 53.2 Å². The minimum Gasteiger partial charge on any atom is -0.480 e. The highest BCUT2D eigenvalue weighted by molar-refractivity contribution is 5.99. The maximum Gasteiger partial charge on any atom is 0.326 e. The molecule has 5 rings (SSSR count). The van der Waals surface area contributed by atoms with Gasteiger partial charge >= 0.3 is 5.97 Å². The van der Waals surface area contributed by atoms with Crippen LogP contribution in [0, 0.1) is 11.8 Å². The molecule has 30 heteroatoms. The molecule has 0 saturated carbocycles. The summed E-state index contributed by atoms with van der Waals surface area (Å²) in [5, 5.41) is 29.4. The number of unbranched alkanes of at least 4 members (excludes halogenated alkanes) is 3. The second-order valence-corrected chi connectivity index (χ2v) is 24.2. The van der Waals surface area contributed by atoms with Gasteiger partial charge in [-0.15, -0.1) is 0 Å². The Morgan fingerprint density at radius 3 is 1.59 bits per heavy atom. The normalized spacial score (nSPS) is 16.0. The number of benzene rings is 1. The summed E-state index contributed by atoms with van der Waals surface area (Å²) in [6.07, 6.45) is 12.9. The van der Waals surface area contributed by atoms with E-state index in [0.29, 0.717) is 93.6 Å². The summed E-state index contributed by atoms with van der Waals surface area (Å²) in [7, 11) is 1.37. The molecule has 0 unspecified atom stereocenters. The summed E-state index contributed by atoms with van der Waals surface area (Å²) in [6.45, 7) is 8.24. The van der Waals surface area contributed by atoms with Crippen LogP contribution in [0.3, 0.4) is 0 Å². The van der Waals surface area contributed by atoms with E-state index in [9.17, 15) is 53.1 Å². The number of carboxylic acids is 1. The Morgan fingerprint density at radius 1 is 0.576 bits per heavy atom. The first-order valence-corrected chi connectivity index (χ1v) is 31.8. The van der Waals surface area contributed by atoms with Crippen molar-refractivity contribution in [2.45, 2.75) is 191 Å². The van der Waals surface area contributed by atoms with Crippen LogP contribution in [0.2, 0.25) is 0 Å². The molecule has 1 fully saturated rings. The lowest BCUT2D eigenvalue weighted by Gasteiger charge is -2.33. The molecule has 92 heavy (non-hydrogen) atoms. The van der Waals surface area contributed by atoms with E-state index in [1.54, 1.807) is 50.4 Å². The number of imidazole rings is 3. The molecule has 0 aliphatic carbocycles. The molecule has 4 aromatic rings. The number of carbonyl (C=O) groups is 10. The standard InChI is InChI=1S/C62H97N19O11/c1-37(2)26-46(57(86)79-52(38(3)4)61(90)80(5)51(30-42-33-69-36-72-42)59(88)74-45(62(91)92)20-11-14-24-65)75-56(85)48(28-40-31-67-34-70-40)76-55(84)47(27-39-16-7-6-8-17-39)77-58(87)50-21-15-25-81(50)60(89)49(29-41-32-68-35-71-41)78-54(83)44(19-10-13-23-64)73-53(82)43(66)18-9-12-22-63/h6-8,16-17,31-38,43-52H,9-15,18-30,63-66H2,1-5H3,(H,67,70)(H,68,71)(H,69,72)(H,73,82)(H,74,88)(H,75,85)(H,76,84)(H,77,87)(H,78,83)(H,79,86)(H,91,92)/t43-,44-,45-,46-,47-,48-,49-,50-,51-,52-/m0/s1. The van der Waals surface area contributed by atoms with Gasteiger partial charge in [-0.3, -0.25) is 43.2 Å². The molecule has 1 aliphatic heterocycles. The molecule has 0 radical (unpaired) electrons. The van der Waals surface area contributed by atoms with Gasteiger partial charge in [-0.2, -0.15) is 0 Å². The highest BCUT2D eigenvalue weighted by Crippen LogP contribution is 2.22. The summed E-state index contributed by atoms with van der Waals surface area (Å²) >= 11 is 0. The minimum atomic E-state index is -1.42. The van der Waals surface area contributed by atoms with Crippen LogP contribution in [0.15, 0.2) is 67.9 Å². The average molecular weight is 1280 g/mol. The number of nitrogens with two attached hydrogens (primary N) is 4. The number of carboxylic acid groups (broad SMARTS) is 1. The van der Waals surface area contributed by atoms with Gasteiger partial charge < -0.3 is 90.0 Å². The Balaban J connectivity index is 1.38. The highest BCUT2D eigenvalue weighted by Gasteiger charge is 2.42.